The number of aryl methyl sites for hydroxylation is 1. The molecule has 2 rings (SSSR count). The van der Waals surface area contributed by atoms with Crippen molar-refractivity contribution in [1.29, 1.82) is 0 Å². The highest BCUT2D eigenvalue weighted by Crippen LogP contribution is 2.23. The number of nitrogens with zero attached hydrogens (tertiary/aromatic N) is 2. The van der Waals surface area contributed by atoms with E-state index in [1.54, 1.807) is 0 Å². The summed E-state index contributed by atoms with van der Waals surface area (Å²) < 4.78 is 3.07. The number of hydrogen-bond donors (Lipinski definition) is 0. The molecule has 1 atom stereocenters. The Morgan fingerprint density at radius 2 is 2.26 bits per heavy atom. The lowest BCUT2D eigenvalue weighted by atomic mass is 9.95. The largest absolute Gasteiger partial charge is 0.342 e. The minimum absolute atomic E-state index is 0.192. The molecule has 1 aliphatic heterocycles. The first-order valence-corrected chi connectivity index (χ1v) is 8.10. The summed E-state index contributed by atoms with van der Waals surface area (Å²) in [6.07, 6.45) is 6.63. The van der Waals surface area contributed by atoms with Crippen LogP contribution in [0.15, 0.2) is 16.7 Å². The Morgan fingerprint density at radius 3 is 2.95 bits per heavy atom. The molecular weight excluding hydrogens is 304 g/mol. The molecular formula is C15H23BrN2O. The van der Waals surface area contributed by atoms with Crippen LogP contribution >= 0.6 is 15.9 Å². The number of rotatable bonds is 4. The highest BCUT2D eigenvalue weighted by atomic mass is 79.9. The highest BCUT2D eigenvalue weighted by molar-refractivity contribution is 9.10. The molecule has 1 saturated heterocycles. The van der Waals surface area contributed by atoms with Crippen LogP contribution in [0, 0.1) is 5.92 Å². The van der Waals surface area contributed by atoms with Crippen molar-refractivity contribution in [3.05, 3.63) is 22.4 Å². The van der Waals surface area contributed by atoms with Crippen LogP contribution < -0.4 is 0 Å². The third-order valence-electron chi connectivity index (χ3n) is 3.93. The van der Waals surface area contributed by atoms with Crippen molar-refractivity contribution in [3.8, 4) is 0 Å². The van der Waals surface area contributed by atoms with E-state index in [1.807, 2.05) is 17.2 Å². The van der Waals surface area contributed by atoms with Crippen molar-refractivity contribution in [2.45, 2.75) is 46.1 Å². The molecule has 1 aromatic heterocycles. The van der Waals surface area contributed by atoms with E-state index in [2.05, 4.69) is 34.3 Å². The minimum atomic E-state index is 0.192. The number of likely N-dealkylation sites (tertiary alicyclic amines) is 1. The number of piperidine rings is 1. The van der Waals surface area contributed by atoms with Crippen molar-refractivity contribution in [1.82, 2.24) is 9.47 Å². The van der Waals surface area contributed by atoms with Crippen LogP contribution in [0.5, 0.6) is 0 Å². The van der Waals surface area contributed by atoms with Crippen molar-refractivity contribution in [3.63, 3.8) is 0 Å². The van der Waals surface area contributed by atoms with Gasteiger partial charge in [0, 0.05) is 30.3 Å². The summed E-state index contributed by atoms with van der Waals surface area (Å²) in [7, 11) is 0. The lowest BCUT2D eigenvalue weighted by Gasteiger charge is -2.32. The van der Waals surface area contributed by atoms with Crippen molar-refractivity contribution in [2.24, 2.45) is 5.92 Å². The second-order valence-electron chi connectivity index (χ2n) is 5.40. The molecule has 0 spiro atoms. The van der Waals surface area contributed by atoms with E-state index in [9.17, 15) is 4.79 Å². The summed E-state index contributed by atoms with van der Waals surface area (Å²) in [5.74, 6) is 0.869. The molecule has 106 valence electrons. The topological polar surface area (TPSA) is 25.2 Å². The van der Waals surface area contributed by atoms with Crippen molar-refractivity contribution in [2.75, 3.05) is 13.1 Å². The molecule has 1 amide bonds. The maximum Gasteiger partial charge on any atom is 0.270 e. The van der Waals surface area contributed by atoms with Gasteiger partial charge in [-0.3, -0.25) is 4.79 Å². The molecule has 2 heterocycles. The highest BCUT2D eigenvalue weighted by Gasteiger charge is 2.25. The Balaban J connectivity index is 2.14. The molecule has 1 aromatic rings. The fraction of sp³-hybridized carbons (Fsp3) is 0.667. The fourth-order valence-corrected chi connectivity index (χ4v) is 3.29. The molecule has 1 fully saturated rings. The van der Waals surface area contributed by atoms with Crippen molar-refractivity contribution < 1.29 is 4.79 Å². The Bertz CT molecular complexity index is 441. The van der Waals surface area contributed by atoms with Gasteiger partial charge in [-0.1, -0.05) is 20.3 Å². The zero-order valence-corrected chi connectivity index (χ0v) is 13.4. The first kappa shape index (κ1) is 14.6. The molecule has 0 bridgehead atoms. The predicted octanol–water partition coefficient (Wildman–Crippen LogP) is 3.92. The second kappa shape index (κ2) is 6.60. The van der Waals surface area contributed by atoms with Gasteiger partial charge in [-0.25, -0.2) is 0 Å². The third-order valence-corrected chi connectivity index (χ3v) is 4.36. The van der Waals surface area contributed by atoms with Crippen LogP contribution in [0.25, 0.3) is 0 Å². The van der Waals surface area contributed by atoms with Gasteiger partial charge in [0.05, 0.1) is 0 Å². The van der Waals surface area contributed by atoms with Gasteiger partial charge < -0.3 is 9.47 Å². The normalized spacial score (nSPS) is 19.7. The molecule has 1 unspecified atom stereocenters. The molecule has 19 heavy (non-hydrogen) atoms. The van der Waals surface area contributed by atoms with E-state index in [0.717, 1.165) is 42.6 Å². The predicted molar refractivity (Wildman–Crippen MR) is 81.3 cm³/mol. The SMILES string of the molecule is CCCn1cc(Br)cc1C(=O)N1CCCC(CC)C1. The van der Waals surface area contributed by atoms with Gasteiger partial charge in [0.25, 0.3) is 5.91 Å². The summed E-state index contributed by atoms with van der Waals surface area (Å²) in [6.45, 7) is 7.08. The zero-order valence-electron chi connectivity index (χ0n) is 11.9. The monoisotopic (exact) mass is 326 g/mol. The molecule has 0 N–H and O–H groups in total. The van der Waals surface area contributed by atoms with E-state index >= 15 is 0 Å². The number of carbonyl (C=O) groups excluding carboxylic acids is 1. The minimum Gasteiger partial charge on any atom is -0.342 e. The molecule has 0 aromatic carbocycles. The van der Waals surface area contributed by atoms with Gasteiger partial charge in [0.2, 0.25) is 0 Å². The summed E-state index contributed by atoms with van der Waals surface area (Å²) in [5, 5.41) is 0. The van der Waals surface area contributed by atoms with Gasteiger partial charge in [-0.2, -0.15) is 0 Å². The van der Waals surface area contributed by atoms with Gasteiger partial charge in [0.15, 0.2) is 0 Å². The summed E-state index contributed by atoms with van der Waals surface area (Å²) >= 11 is 3.48. The first-order chi connectivity index (χ1) is 9.15. The number of hydrogen-bond acceptors (Lipinski definition) is 1. The number of halogens is 1. The molecule has 0 radical (unpaired) electrons. The van der Waals surface area contributed by atoms with E-state index in [-0.39, 0.29) is 5.91 Å². The number of carbonyl (C=O) groups is 1. The van der Waals surface area contributed by atoms with Gasteiger partial charge >= 0.3 is 0 Å². The average Bonchev–Trinajstić information content (AvgIpc) is 2.79. The molecule has 3 nitrogen and oxygen atoms in total. The van der Waals surface area contributed by atoms with Crippen LogP contribution in [-0.4, -0.2) is 28.5 Å². The van der Waals surface area contributed by atoms with Gasteiger partial charge in [-0.05, 0) is 47.2 Å². The van der Waals surface area contributed by atoms with E-state index in [1.165, 1.54) is 12.8 Å². The Hall–Kier alpha value is -0.770. The lowest BCUT2D eigenvalue weighted by molar-refractivity contribution is 0.0660. The van der Waals surface area contributed by atoms with Crippen LogP contribution in [0.2, 0.25) is 0 Å². The Kier molecular flexibility index (Phi) is 5.08. The number of amides is 1. The summed E-state index contributed by atoms with van der Waals surface area (Å²) in [6, 6.07) is 1.95. The summed E-state index contributed by atoms with van der Waals surface area (Å²) in [4.78, 5) is 14.7. The maximum atomic E-state index is 12.7. The number of aromatic nitrogens is 1. The standard InChI is InChI=1S/C15H23BrN2O/c1-3-7-17-11-13(16)9-14(17)15(19)18-8-5-6-12(4-2)10-18/h9,11-12H,3-8,10H2,1-2H3. The smallest absolute Gasteiger partial charge is 0.270 e. The fourth-order valence-electron chi connectivity index (χ4n) is 2.82. The van der Waals surface area contributed by atoms with E-state index in [4.69, 9.17) is 0 Å². The molecule has 1 aliphatic rings. The molecule has 0 saturated carbocycles. The van der Waals surface area contributed by atoms with Crippen LogP contribution in [0.1, 0.15) is 50.0 Å². The van der Waals surface area contributed by atoms with E-state index in [0.29, 0.717) is 5.92 Å². The van der Waals surface area contributed by atoms with Gasteiger partial charge in [0.1, 0.15) is 5.69 Å². The quantitative estimate of drug-likeness (QED) is 0.823. The lowest BCUT2D eigenvalue weighted by Crippen LogP contribution is -2.40. The van der Waals surface area contributed by atoms with Crippen molar-refractivity contribution >= 4 is 21.8 Å². The maximum absolute atomic E-state index is 12.7. The zero-order chi connectivity index (χ0) is 13.8. The Morgan fingerprint density at radius 1 is 1.47 bits per heavy atom. The first-order valence-electron chi connectivity index (χ1n) is 7.30. The van der Waals surface area contributed by atoms with E-state index < -0.39 is 0 Å². The average molecular weight is 327 g/mol. The van der Waals surface area contributed by atoms with Gasteiger partial charge in [-0.15, -0.1) is 0 Å². The summed E-state index contributed by atoms with van der Waals surface area (Å²) in [5.41, 5.74) is 0.825. The van der Waals surface area contributed by atoms with Crippen LogP contribution in [0.3, 0.4) is 0 Å². The van der Waals surface area contributed by atoms with Crippen LogP contribution in [-0.2, 0) is 6.54 Å². The molecule has 0 aliphatic carbocycles. The third kappa shape index (κ3) is 3.41. The second-order valence-corrected chi connectivity index (χ2v) is 6.32. The molecule has 4 heteroatoms. The van der Waals surface area contributed by atoms with Crippen LogP contribution in [0.4, 0.5) is 0 Å². The Labute approximate surface area is 124 Å².